The van der Waals surface area contributed by atoms with E-state index >= 15 is 0 Å². The van der Waals surface area contributed by atoms with Crippen LogP contribution in [0.15, 0.2) is 17.1 Å². The van der Waals surface area contributed by atoms with Crippen LogP contribution in [0.3, 0.4) is 0 Å². The fraction of sp³-hybridized carbons (Fsp3) is 0.688. The minimum atomic E-state index is 0. The highest BCUT2D eigenvalue weighted by atomic mass is 127. The molecule has 0 bridgehead atoms. The monoisotopic (exact) mass is 438 g/mol. The number of hydrogen-bond donors (Lipinski definition) is 3. The molecule has 1 aromatic heterocycles. The second-order valence-electron chi connectivity index (χ2n) is 6.02. The van der Waals surface area contributed by atoms with E-state index in [0.29, 0.717) is 0 Å². The minimum Gasteiger partial charge on any atom is -0.357 e. The molecule has 0 aliphatic heterocycles. The second-order valence-corrected chi connectivity index (χ2v) is 7.27. The number of aryl methyl sites for hydroxylation is 1. The Morgan fingerprint density at radius 2 is 1.77 bits per heavy atom. The van der Waals surface area contributed by atoms with Crippen molar-refractivity contribution in [2.24, 2.45) is 4.99 Å². The van der Waals surface area contributed by atoms with Gasteiger partial charge in [0.05, 0.1) is 6.54 Å². The summed E-state index contributed by atoms with van der Waals surface area (Å²) in [4.78, 5) is 7.38. The molecule has 22 heavy (non-hydrogen) atoms. The first-order valence-electron chi connectivity index (χ1n) is 7.79. The summed E-state index contributed by atoms with van der Waals surface area (Å²) in [6.07, 6.45) is 1.10. The Morgan fingerprint density at radius 3 is 2.32 bits per heavy atom. The molecule has 0 unspecified atom stereocenters. The molecule has 1 rings (SSSR count). The zero-order valence-corrected chi connectivity index (χ0v) is 17.6. The molecular weight excluding hydrogens is 407 g/mol. The zero-order valence-electron chi connectivity index (χ0n) is 14.5. The summed E-state index contributed by atoms with van der Waals surface area (Å²) in [5.74, 6) is 0.889. The minimum absolute atomic E-state index is 0. The molecule has 0 saturated carbocycles. The smallest absolute Gasteiger partial charge is 0.191 e. The van der Waals surface area contributed by atoms with Gasteiger partial charge < -0.3 is 16.0 Å². The van der Waals surface area contributed by atoms with Crippen molar-refractivity contribution in [3.8, 4) is 0 Å². The molecular formula is C16H31IN4S. The largest absolute Gasteiger partial charge is 0.357 e. The van der Waals surface area contributed by atoms with Gasteiger partial charge in [-0.1, -0.05) is 6.92 Å². The fourth-order valence-corrected chi connectivity index (χ4v) is 2.70. The van der Waals surface area contributed by atoms with E-state index in [4.69, 9.17) is 0 Å². The van der Waals surface area contributed by atoms with E-state index in [0.717, 1.165) is 38.6 Å². The summed E-state index contributed by atoms with van der Waals surface area (Å²) < 4.78 is 0. The Balaban J connectivity index is 0.00000441. The number of rotatable bonds is 7. The average molecular weight is 438 g/mol. The van der Waals surface area contributed by atoms with Gasteiger partial charge in [-0.15, -0.1) is 35.3 Å². The van der Waals surface area contributed by atoms with Crippen molar-refractivity contribution < 1.29 is 0 Å². The lowest BCUT2D eigenvalue weighted by Crippen LogP contribution is -2.44. The van der Waals surface area contributed by atoms with Gasteiger partial charge in [-0.25, -0.2) is 4.99 Å². The van der Waals surface area contributed by atoms with Gasteiger partial charge in [0, 0.05) is 34.9 Å². The van der Waals surface area contributed by atoms with E-state index in [-0.39, 0.29) is 29.5 Å². The van der Waals surface area contributed by atoms with E-state index in [1.54, 1.807) is 0 Å². The van der Waals surface area contributed by atoms with Gasteiger partial charge in [0.15, 0.2) is 5.96 Å². The van der Waals surface area contributed by atoms with Crippen molar-refractivity contribution in [1.29, 1.82) is 0 Å². The maximum absolute atomic E-state index is 4.64. The summed E-state index contributed by atoms with van der Waals surface area (Å²) in [5, 5.41) is 10.1. The van der Waals surface area contributed by atoms with Crippen molar-refractivity contribution in [2.45, 2.75) is 53.1 Å². The Bertz CT molecular complexity index is 438. The van der Waals surface area contributed by atoms with Gasteiger partial charge >= 0.3 is 0 Å². The molecule has 4 nitrogen and oxygen atoms in total. The van der Waals surface area contributed by atoms with Crippen molar-refractivity contribution in [3.63, 3.8) is 0 Å². The maximum Gasteiger partial charge on any atom is 0.191 e. The first-order valence-corrected chi connectivity index (χ1v) is 8.61. The lowest BCUT2D eigenvalue weighted by molar-refractivity contribution is 0.428. The first kappa shape index (κ1) is 21.7. The molecule has 0 aliphatic carbocycles. The topological polar surface area (TPSA) is 48.5 Å². The van der Waals surface area contributed by atoms with Gasteiger partial charge in [0.2, 0.25) is 0 Å². The number of aliphatic imine (C=N–C) groups is 1. The molecule has 3 N–H and O–H groups in total. The highest BCUT2D eigenvalue weighted by Gasteiger charge is 2.07. The SMILES string of the molecule is CCNC(=NCc1ccc(CC)s1)NCCNC(C)(C)C.I. The van der Waals surface area contributed by atoms with Crippen LogP contribution in [0.25, 0.3) is 0 Å². The summed E-state index contributed by atoms with van der Waals surface area (Å²) >= 11 is 1.85. The molecule has 0 radical (unpaired) electrons. The van der Waals surface area contributed by atoms with Gasteiger partial charge in [0.25, 0.3) is 0 Å². The summed E-state index contributed by atoms with van der Waals surface area (Å²) in [7, 11) is 0. The number of halogens is 1. The number of nitrogens with one attached hydrogen (secondary N) is 3. The van der Waals surface area contributed by atoms with Gasteiger partial charge in [0.1, 0.15) is 0 Å². The molecule has 128 valence electrons. The van der Waals surface area contributed by atoms with Crippen LogP contribution in [-0.2, 0) is 13.0 Å². The van der Waals surface area contributed by atoms with E-state index < -0.39 is 0 Å². The van der Waals surface area contributed by atoms with Crippen LogP contribution in [-0.4, -0.2) is 31.1 Å². The Kier molecular flexibility index (Phi) is 11.1. The summed E-state index contributed by atoms with van der Waals surface area (Å²) in [6.45, 7) is 14.2. The predicted molar refractivity (Wildman–Crippen MR) is 110 cm³/mol. The quantitative estimate of drug-likeness (QED) is 0.265. The van der Waals surface area contributed by atoms with E-state index in [2.05, 4.69) is 67.7 Å². The number of hydrogen-bond acceptors (Lipinski definition) is 3. The molecule has 0 aromatic carbocycles. The van der Waals surface area contributed by atoms with Gasteiger partial charge in [-0.05, 0) is 46.2 Å². The molecule has 6 heteroatoms. The number of nitrogens with zero attached hydrogens (tertiary/aromatic N) is 1. The summed E-state index contributed by atoms with van der Waals surface area (Å²) in [5.41, 5.74) is 0.157. The molecule has 0 amide bonds. The Labute approximate surface area is 156 Å². The van der Waals surface area contributed by atoms with Crippen LogP contribution in [0, 0.1) is 0 Å². The third kappa shape index (κ3) is 9.63. The lowest BCUT2D eigenvalue weighted by atomic mass is 10.1. The van der Waals surface area contributed by atoms with Crippen molar-refractivity contribution >= 4 is 41.3 Å². The van der Waals surface area contributed by atoms with Gasteiger partial charge in [-0.3, -0.25) is 0 Å². The Hall–Kier alpha value is -0.340. The number of guanidine groups is 1. The molecule has 0 spiro atoms. The maximum atomic E-state index is 4.64. The molecule has 1 aromatic rings. The van der Waals surface area contributed by atoms with Crippen molar-refractivity contribution in [3.05, 3.63) is 21.9 Å². The third-order valence-electron chi connectivity index (χ3n) is 2.88. The normalized spacial score (nSPS) is 12.0. The first-order chi connectivity index (χ1) is 9.94. The summed E-state index contributed by atoms with van der Waals surface area (Å²) in [6, 6.07) is 4.38. The fourth-order valence-electron chi connectivity index (χ4n) is 1.81. The van der Waals surface area contributed by atoms with Crippen LogP contribution < -0.4 is 16.0 Å². The molecule has 0 atom stereocenters. The van der Waals surface area contributed by atoms with Crippen LogP contribution in [0.4, 0.5) is 0 Å². The van der Waals surface area contributed by atoms with E-state index in [1.165, 1.54) is 9.75 Å². The molecule has 1 heterocycles. The highest BCUT2D eigenvalue weighted by molar-refractivity contribution is 14.0. The Morgan fingerprint density at radius 1 is 1.09 bits per heavy atom. The van der Waals surface area contributed by atoms with Crippen LogP contribution in [0.5, 0.6) is 0 Å². The lowest BCUT2D eigenvalue weighted by Gasteiger charge is -2.21. The van der Waals surface area contributed by atoms with Crippen LogP contribution in [0.1, 0.15) is 44.4 Å². The third-order valence-corrected chi connectivity index (χ3v) is 4.09. The second kappa shape index (κ2) is 11.2. The molecule has 0 aliphatic rings. The average Bonchev–Trinajstić information content (AvgIpc) is 2.87. The molecule has 0 saturated heterocycles. The standard InChI is InChI=1S/C16H30N4S.HI/c1-6-13-8-9-14(21-13)12-19-15(17-7-2)18-10-11-20-16(3,4)5;/h8-9,20H,6-7,10-12H2,1-5H3,(H2,17,18,19);1H. The zero-order chi connectivity index (χ0) is 15.7. The molecule has 0 fully saturated rings. The van der Waals surface area contributed by atoms with Crippen LogP contribution in [0.2, 0.25) is 0 Å². The van der Waals surface area contributed by atoms with Crippen LogP contribution >= 0.6 is 35.3 Å². The van der Waals surface area contributed by atoms with Crippen molar-refractivity contribution in [2.75, 3.05) is 19.6 Å². The number of thiophene rings is 1. The highest BCUT2D eigenvalue weighted by Crippen LogP contribution is 2.17. The van der Waals surface area contributed by atoms with Gasteiger partial charge in [-0.2, -0.15) is 0 Å². The predicted octanol–water partition coefficient (Wildman–Crippen LogP) is 3.37. The van der Waals surface area contributed by atoms with Crippen molar-refractivity contribution in [1.82, 2.24) is 16.0 Å². The van der Waals surface area contributed by atoms with E-state index in [9.17, 15) is 0 Å². The van der Waals surface area contributed by atoms with E-state index in [1.807, 2.05) is 11.3 Å².